The van der Waals surface area contributed by atoms with Gasteiger partial charge in [0.1, 0.15) is 0 Å². The highest BCUT2D eigenvalue weighted by Crippen LogP contribution is 2.30. The Balaban J connectivity index is 1.78. The maximum atomic E-state index is 5.53. The van der Waals surface area contributed by atoms with Gasteiger partial charge in [0, 0.05) is 24.3 Å². The number of benzene rings is 2. The third-order valence-corrected chi connectivity index (χ3v) is 4.37. The summed E-state index contributed by atoms with van der Waals surface area (Å²) in [7, 11) is 0. The Kier molecular flexibility index (Phi) is 3.67. The smallest absolute Gasteiger partial charge is 0.0756 e. The van der Waals surface area contributed by atoms with Crippen LogP contribution in [-0.4, -0.2) is 36.2 Å². The summed E-state index contributed by atoms with van der Waals surface area (Å²) in [6.45, 7) is 3.55. The predicted octanol–water partition coefficient (Wildman–Crippen LogP) is 3.59. The van der Waals surface area contributed by atoms with Gasteiger partial charge in [-0.3, -0.25) is 4.90 Å². The van der Waals surface area contributed by atoms with E-state index in [0.29, 0.717) is 0 Å². The highest BCUT2D eigenvalue weighted by Gasteiger charge is 2.25. The lowest BCUT2D eigenvalue weighted by Crippen LogP contribution is -2.39. The van der Waals surface area contributed by atoms with Crippen LogP contribution in [0.3, 0.4) is 0 Å². The van der Waals surface area contributed by atoms with Gasteiger partial charge in [0.25, 0.3) is 0 Å². The standard InChI is InChI=1S/C19H20N2O/c1-2-6-15(7-3-1)19(21-10-12-22-13-11-21)18-14-16-8-4-5-9-17(16)20-18/h1-9,14,19-20H,10-13H2. The van der Waals surface area contributed by atoms with Crippen LogP contribution >= 0.6 is 0 Å². The molecule has 4 rings (SSSR count). The predicted molar refractivity (Wildman–Crippen MR) is 89.0 cm³/mol. The Morgan fingerprint density at radius 1 is 0.909 bits per heavy atom. The average Bonchev–Trinajstić information content (AvgIpc) is 3.00. The molecule has 0 amide bonds. The number of fused-ring (bicyclic) bond motifs is 1. The molecule has 3 heteroatoms. The van der Waals surface area contributed by atoms with Gasteiger partial charge in [-0.25, -0.2) is 0 Å². The van der Waals surface area contributed by atoms with Crippen LogP contribution in [0, 0.1) is 0 Å². The van der Waals surface area contributed by atoms with Crippen molar-refractivity contribution in [1.82, 2.24) is 9.88 Å². The van der Waals surface area contributed by atoms with Crippen LogP contribution in [0.2, 0.25) is 0 Å². The summed E-state index contributed by atoms with van der Waals surface area (Å²) in [6, 6.07) is 21.7. The van der Waals surface area contributed by atoms with Crippen LogP contribution in [-0.2, 0) is 4.74 Å². The van der Waals surface area contributed by atoms with Crippen molar-refractivity contribution in [2.24, 2.45) is 0 Å². The summed E-state index contributed by atoms with van der Waals surface area (Å²) in [6.07, 6.45) is 0. The van der Waals surface area contributed by atoms with Crippen molar-refractivity contribution in [2.75, 3.05) is 26.3 Å². The molecule has 0 spiro atoms. The molecule has 0 saturated carbocycles. The summed E-state index contributed by atoms with van der Waals surface area (Å²) in [5, 5.41) is 1.27. The second kappa shape index (κ2) is 5.95. The first kappa shape index (κ1) is 13.6. The first-order valence-electron chi connectivity index (χ1n) is 7.86. The molecular weight excluding hydrogens is 272 g/mol. The molecule has 1 aromatic heterocycles. The number of nitrogens with zero attached hydrogens (tertiary/aromatic N) is 1. The second-order valence-electron chi connectivity index (χ2n) is 5.77. The van der Waals surface area contributed by atoms with Crippen LogP contribution in [0.15, 0.2) is 60.7 Å². The number of hydrogen-bond acceptors (Lipinski definition) is 2. The van der Waals surface area contributed by atoms with Gasteiger partial charge in [-0.15, -0.1) is 0 Å². The molecule has 3 aromatic rings. The van der Waals surface area contributed by atoms with E-state index in [4.69, 9.17) is 4.74 Å². The van der Waals surface area contributed by atoms with Crippen molar-refractivity contribution < 1.29 is 4.74 Å². The van der Waals surface area contributed by atoms with Gasteiger partial charge in [0.05, 0.1) is 19.3 Å². The number of hydrogen-bond donors (Lipinski definition) is 1. The zero-order chi connectivity index (χ0) is 14.8. The van der Waals surface area contributed by atoms with E-state index in [2.05, 4.69) is 70.5 Å². The molecule has 112 valence electrons. The maximum Gasteiger partial charge on any atom is 0.0756 e. The van der Waals surface area contributed by atoms with Gasteiger partial charge < -0.3 is 9.72 Å². The zero-order valence-corrected chi connectivity index (χ0v) is 12.5. The van der Waals surface area contributed by atoms with E-state index in [-0.39, 0.29) is 6.04 Å². The molecule has 0 bridgehead atoms. The molecular formula is C19H20N2O. The fraction of sp³-hybridized carbons (Fsp3) is 0.263. The molecule has 1 N–H and O–H groups in total. The summed E-state index contributed by atoms with van der Waals surface area (Å²) in [5.41, 5.74) is 3.79. The molecule has 2 aromatic carbocycles. The van der Waals surface area contributed by atoms with Gasteiger partial charge in [-0.05, 0) is 23.1 Å². The quantitative estimate of drug-likeness (QED) is 0.799. The minimum atomic E-state index is 0.262. The minimum absolute atomic E-state index is 0.262. The van der Waals surface area contributed by atoms with E-state index in [1.54, 1.807) is 0 Å². The van der Waals surface area contributed by atoms with Crippen LogP contribution in [0.25, 0.3) is 10.9 Å². The third kappa shape index (κ3) is 2.54. The summed E-state index contributed by atoms with van der Waals surface area (Å²) >= 11 is 0. The minimum Gasteiger partial charge on any atom is -0.379 e. The first-order chi connectivity index (χ1) is 10.9. The van der Waals surface area contributed by atoms with E-state index in [9.17, 15) is 0 Å². The van der Waals surface area contributed by atoms with Gasteiger partial charge >= 0.3 is 0 Å². The molecule has 0 aliphatic carbocycles. The van der Waals surface area contributed by atoms with Gasteiger partial charge in [0.15, 0.2) is 0 Å². The lowest BCUT2D eigenvalue weighted by atomic mass is 10.0. The Morgan fingerprint density at radius 2 is 1.64 bits per heavy atom. The van der Waals surface area contributed by atoms with Crippen molar-refractivity contribution in [3.8, 4) is 0 Å². The first-order valence-corrected chi connectivity index (χ1v) is 7.86. The van der Waals surface area contributed by atoms with E-state index in [1.165, 1.54) is 22.2 Å². The lowest BCUT2D eigenvalue weighted by Gasteiger charge is -2.34. The lowest BCUT2D eigenvalue weighted by molar-refractivity contribution is 0.0233. The monoisotopic (exact) mass is 292 g/mol. The summed E-state index contributed by atoms with van der Waals surface area (Å²) < 4.78 is 5.53. The second-order valence-corrected chi connectivity index (χ2v) is 5.77. The number of para-hydroxylation sites is 1. The molecule has 1 aliphatic rings. The van der Waals surface area contributed by atoms with E-state index in [1.807, 2.05) is 0 Å². The molecule has 22 heavy (non-hydrogen) atoms. The SMILES string of the molecule is c1ccc(C(c2cc3ccccc3[nH]2)N2CCOCC2)cc1. The van der Waals surface area contributed by atoms with Crippen molar-refractivity contribution in [2.45, 2.75) is 6.04 Å². The number of nitrogens with one attached hydrogen (secondary N) is 1. The number of aromatic amines is 1. The van der Waals surface area contributed by atoms with E-state index < -0.39 is 0 Å². The molecule has 2 heterocycles. The zero-order valence-electron chi connectivity index (χ0n) is 12.5. The molecule has 0 radical (unpaired) electrons. The Bertz CT molecular complexity index is 711. The molecule has 1 aliphatic heterocycles. The van der Waals surface area contributed by atoms with Crippen LogP contribution in [0.1, 0.15) is 17.3 Å². The Labute approximate surface area is 130 Å². The van der Waals surface area contributed by atoms with Crippen LogP contribution < -0.4 is 0 Å². The van der Waals surface area contributed by atoms with Gasteiger partial charge in [-0.2, -0.15) is 0 Å². The molecule has 1 unspecified atom stereocenters. The average molecular weight is 292 g/mol. The highest BCUT2D eigenvalue weighted by molar-refractivity contribution is 5.80. The van der Waals surface area contributed by atoms with Crippen molar-refractivity contribution in [1.29, 1.82) is 0 Å². The van der Waals surface area contributed by atoms with Crippen molar-refractivity contribution in [3.63, 3.8) is 0 Å². The van der Waals surface area contributed by atoms with Crippen molar-refractivity contribution in [3.05, 3.63) is 71.9 Å². The Hall–Kier alpha value is -2.10. The number of ether oxygens (including phenoxy) is 1. The molecule has 1 saturated heterocycles. The number of aromatic nitrogens is 1. The molecule has 3 nitrogen and oxygen atoms in total. The normalized spacial score (nSPS) is 17.6. The third-order valence-electron chi connectivity index (χ3n) is 4.37. The topological polar surface area (TPSA) is 28.3 Å². The fourth-order valence-corrected chi connectivity index (χ4v) is 3.30. The number of morpholine rings is 1. The highest BCUT2D eigenvalue weighted by atomic mass is 16.5. The van der Waals surface area contributed by atoms with Crippen LogP contribution in [0.5, 0.6) is 0 Å². The number of rotatable bonds is 3. The Morgan fingerprint density at radius 3 is 2.41 bits per heavy atom. The largest absolute Gasteiger partial charge is 0.379 e. The van der Waals surface area contributed by atoms with Gasteiger partial charge in [0.2, 0.25) is 0 Å². The molecule has 1 fully saturated rings. The maximum absolute atomic E-state index is 5.53. The van der Waals surface area contributed by atoms with E-state index >= 15 is 0 Å². The van der Waals surface area contributed by atoms with Crippen LogP contribution in [0.4, 0.5) is 0 Å². The van der Waals surface area contributed by atoms with E-state index in [0.717, 1.165) is 26.3 Å². The fourth-order valence-electron chi connectivity index (χ4n) is 3.30. The summed E-state index contributed by atoms with van der Waals surface area (Å²) in [4.78, 5) is 6.11. The number of H-pyrrole nitrogens is 1. The summed E-state index contributed by atoms with van der Waals surface area (Å²) in [5.74, 6) is 0. The van der Waals surface area contributed by atoms with Gasteiger partial charge in [-0.1, -0.05) is 48.5 Å². The van der Waals surface area contributed by atoms with Crippen molar-refractivity contribution >= 4 is 10.9 Å². The molecule has 1 atom stereocenters.